The van der Waals surface area contributed by atoms with Crippen LogP contribution in [0.25, 0.3) is 0 Å². The molecule has 0 radical (unpaired) electrons. The maximum atomic E-state index is 12.4. The molecule has 0 spiro atoms. The number of hydrogen-bond donors (Lipinski definition) is 2. The first-order valence-corrected chi connectivity index (χ1v) is 7.83. The van der Waals surface area contributed by atoms with Gasteiger partial charge < -0.3 is 15.8 Å². The third-order valence-corrected chi connectivity index (χ3v) is 3.96. The molecule has 1 heterocycles. The van der Waals surface area contributed by atoms with Crippen molar-refractivity contribution < 1.29 is 9.53 Å². The van der Waals surface area contributed by atoms with E-state index in [4.69, 9.17) is 10.5 Å². The van der Waals surface area contributed by atoms with E-state index in [-0.39, 0.29) is 17.9 Å². The highest BCUT2D eigenvalue weighted by Gasteiger charge is 2.25. The van der Waals surface area contributed by atoms with Crippen LogP contribution in [0.5, 0.6) is 11.6 Å². The first-order chi connectivity index (χ1) is 11.2. The van der Waals surface area contributed by atoms with E-state index in [1.165, 1.54) is 0 Å². The fraction of sp³-hybridized carbons (Fsp3) is 0.353. The van der Waals surface area contributed by atoms with Gasteiger partial charge in [-0.2, -0.15) is 5.10 Å². The average molecular weight is 312 g/mol. The van der Waals surface area contributed by atoms with E-state index in [2.05, 4.69) is 15.5 Å². The molecule has 1 aliphatic rings. The van der Waals surface area contributed by atoms with Gasteiger partial charge in [-0.3, -0.25) is 4.79 Å². The molecular formula is C17H20N4O2. The Morgan fingerprint density at radius 2 is 2.17 bits per heavy atom. The van der Waals surface area contributed by atoms with Crippen LogP contribution in [0.1, 0.15) is 25.7 Å². The van der Waals surface area contributed by atoms with E-state index in [1.54, 1.807) is 30.5 Å². The van der Waals surface area contributed by atoms with Crippen LogP contribution in [0.15, 0.2) is 42.6 Å². The van der Waals surface area contributed by atoms with Gasteiger partial charge in [0, 0.05) is 36.0 Å². The minimum Gasteiger partial charge on any atom is -0.437 e. The maximum absolute atomic E-state index is 12.4. The summed E-state index contributed by atoms with van der Waals surface area (Å²) in [6.07, 6.45) is 5.25. The second-order valence-electron chi connectivity index (χ2n) is 5.80. The number of ether oxygens (including phenoxy) is 1. The molecule has 1 aliphatic carbocycles. The number of rotatable bonds is 4. The van der Waals surface area contributed by atoms with Crippen LogP contribution in [-0.4, -0.2) is 22.1 Å². The highest BCUT2D eigenvalue weighted by Crippen LogP contribution is 2.26. The molecule has 1 aromatic heterocycles. The minimum atomic E-state index is -0.0108. The standard InChI is InChI=1S/C17H20N4O2/c18-13-5-1-4-12(10-13)17(22)20-14-6-2-7-15(11-14)23-16-8-3-9-19-21-16/h2-3,6-9,11-13H,1,4-5,10,18H2,(H,20,22). The second kappa shape index (κ2) is 7.19. The van der Waals surface area contributed by atoms with E-state index in [1.807, 2.05) is 12.1 Å². The van der Waals surface area contributed by atoms with Gasteiger partial charge in [-0.15, -0.1) is 5.10 Å². The van der Waals surface area contributed by atoms with Crippen molar-refractivity contribution in [3.05, 3.63) is 42.6 Å². The summed E-state index contributed by atoms with van der Waals surface area (Å²) in [5, 5.41) is 10.6. The summed E-state index contributed by atoms with van der Waals surface area (Å²) >= 11 is 0. The number of carbonyl (C=O) groups excluding carboxylic acids is 1. The van der Waals surface area contributed by atoms with Gasteiger partial charge in [0.05, 0.1) is 0 Å². The lowest BCUT2D eigenvalue weighted by molar-refractivity contribution is -0.120. The number of hydrogen-bond acceptors (Lipinski definition) is 5. The SMILES string of the molecule is NC1CCCC(C(=O)Nc2cccc(Oc3cccnn3)c2)C1. The van der Waals surface area contributed by atoms with E-state index in [0.717, 1.165) is 25.7 Å². The molecule has 120 valence electrons. The molecule has 1 aromatic carbocycles. The van der Waals surface area contributed by atoms with Gasteiger partial charge >= 0.3 is 0 Å². The number of nitrogens with one attached hydrogen (secondary N) is 1. The fourth-order valence-corrected chi connectivity index (χ4v) is 2.81. The lowest BCUT2D eigenvalue weighted by atomic mass is 9.85. The first kappa shape index (κ1) is 15.4. The Morgan fingerprint density at radius 1 is 1.26 bits per heavy atom. The number of anilines is 1. The number of nitrogens with two attached hydrogens (primary N) is 1. The van der Waals surface area contributed by atoms with Crippen molar-refractivity contribution in [2.24, 2.45) is 11.7 Å². The number of aromatic nitrogens is 2. The Balaban J connectivity index is 1.64. The van der Waals surface area contributed by atoms with E-state index in [0.29, 0.717) is 17.3 Å². The Hall–Kier alpha value is -2.47. The molecule has 0 bridgehead atoms. The normalized spacial score (nSPS) is 20.7. The largest absolute Gasteiger partial charge is 0.437 e. The zero-order chi connectivity index (χ0) is 16.1. The number of nitrogens with zero attached hydrogens (tertiary/aromatic N) is 2. The topological polar surface area (TPSA) is 90.1 Å². The van der Waals surface area contributed by atoms with Gasteiger partial charge in [0.2, 0.25) is 11.8 Å². The van der Waals surface area contributed by atoms with Gasteiger partial charge in [-0.1, -0.05) is 12.5 Å². The smallest absolute Gasteiger partial charge is 0.238 e. The highest BCUT2D eigenvalue weighted by atomic mass is 16.5. The van der Waals surface area contributed by atoms with Gasteiger partial charge in [-0.25, -0.2) is 0 Å². The van der Waals surface area contributed by atoms with Crippen molar-refractivity contribution in [3.63, 3.8) is 0 Å². The molecule has 3 rings (SSSR count). The van der Waals surface area contributed by atoms with E-state index >= 15 is 0 Å². The molecule has 2 unspecified atom stereocenters. The summed E-state index contributed by atoms with van der Waals surface area (Å²) in [4.78, 5) is 12.4. The summed E-state index contributed by atoms with van der Waals surface area (Å²) in [6.45, 7) is 0. The average Bonchev–Trinajstić information content (AvgIpc) is 2.56. The zero-order valence-corrected chi connectivity index (χ0v) is 12.8. The number of benzene rings is 1. The summed E-state index contributed by atoms with van der Waals surface area (Å²) in [6, 6.07) is 10.8. The summed E-state index contributed by atoms with van der Waals surface area (Å²) in [7, 11) is 0. The molecule has 1 fully saturated rings. The Bertz CT molecular complexity index is 663. The zero-order valence-electron chi connectivity index (χ0n) is 12.8. The molecule has 2 atom stereocenters. The number of amides is 1. The molecule has 6 heteroatoms. The molecule has 23 heavy (non-hydrogen) atoms. The predicted octanol–water partition coefficient (Wildman–Crippen LogP) is 2.72. The molecule has 0 saturated heterocycles. The quantitative estimate of drug-likeness (QED) is 0.906. The van der Waals surface area contributed by atoms with E-state index in [9.17, 15) is 4.79 Å². The van der Waals surface area contributed by atoms with Crippen LogP contribution < -0.4 is 15.8 Å². The van der Waals surface area contributed by atoms with Crippen molar-refractivity contribution in [1.29, 1.82) is 0 Å². The molecule has 6 nitrogen and oxygen atoms in total. The van der Waals surface area contributed by atoms with E-state index < -0.39 is 0 Å². The van der Waals surface area contributed by atoms with Gasteiger partial charge in [-0.05, 0) is 37.5 Å². The summed E-state index contributed by atoms with van der Waals surface area (Å²) in [5.41, 5.74) is 6.66. The van der Waals surface area contributed by atoms with Crippen molar-refractivity contribution >= 4 is 11.6 Å². The van der Waals surface area contributed by atoms with Crippen molar-refractivity contribution in [2.75, 3.05) is 5.32 Å². The van der Waals surface area contributed by atoms with Gasteiger partial charge in [0.25, 0.3) is 0 Å². The molecular weight excluding hydrogens is 292 g/mol. The fourth-order valence-electron chi connectivity index (χ4n) is 2.81. The molecule has 3 N–H and O–H groups in total. The third-order valence-electron chi connectivity index (χ3n) is 3.96. The molecule has 1 saturated carbocycles. The van der Waals surface area contributed by atoms with Crippen LogP contribution in [0.3, 0.4) is 0 Å². The third kappa shape index (κ3) is 4.26. The molecule has 1 amide bonds. The van der Waals surface area contributed by atoms with Gasteiger partial charge in [0.15, 0.2) is 0 Å². The summed E-state index contributed by atoms with van der Waals surface area (Å²) < 4.78 is 5.62. The highest BCUT2D eigenvalue weighted by molar-refractivity contribution is 5.92. The number of carbonyl (C=O) groups is 1. The Kier molecular flexibility index (Phi) is 4.83. The predicted molar refractivity (Wildman–Crippen MR) is 87.1 cm³/mol. The first-order valence-electron chi connectivity index (χ1n) is 7.83. The van der Waals surface area contributed by atoms with Crippen molar-refractivity contribution in [3.8, 4) is 11.6 Å². The lowest BCUT2D eigenvalue weighted by Gasteiger charge is -2.25. The van der Waals surface area contributed by atoms with Crippen LogP contribution >= 0.6 is 0 Å². The summed E-state index contributed by atoms with van der Waals surface area (Å²) in [5.74, 6) is 1.03. The molecule has 2 aromatic rings. The molecule has 0 aliphatic heterocycles. The van der Waals surface area contributed by atoms with Gasteiger partial charge in [0.1, 0.15) is 5.75 Å². The van der Waals surface area contributed by atoms with Crippen molar-refractivity contribution in [1.82, 2.24) is 10.2 Å². The van der Waals surface area contributed by atoms with Crippen molar-refractivity contribution in [2.45, 2.75) is 31.7 Å². The Labute approximate surface area is 135 Å². The lowest BCUT2D eigenvalue weighted by Crippen LogP contribution is -2.34. The second-order valence-corrected chi connectivity index (χ2v) is 5.80. The van der Waals surface area contributed by atoms with Crippen LogP contribution in [0.2, 0.25) is 0 Å². The van der Waals surface area contributed by atoms with Crippen LogP contribution in [0, 0.1) is 5.92 Å². The Morgan fingerprint density at radius 3 is 2.96 bits per heavy atom. The monoisotopic (exact) mass is 312 g/mol. The van der Waals surface area contributed by atoms with Crippen LogP contribution in [-0.2, 0) is 4.79 Å². The minimum absolute atomic E-state index is 0.0108. The maximum Gasteiger partial charge on any atom is 0.238 e. The van der Waals surface area contributed by atoms with Crippen LogP contribution in [0.4, 0.5) is 5.69 Å².